The van der Waals surface area contributed by atoms with E-state index in [4.69, 9.17) is 4.74 Å². The van der Waals surface area contributed by atoms with Crippen LogP contribution in [0, 0.1) is 13.8 Å². The summed E-state index contributed by atoms with van der Waals surface area (Å²) in [6.45, 7) is 5.15. The lowest BCUT2D eigenvalue weighted by Crippen LogP contribution is -2.32. The first-order valence-electron chi connectivity index (χ1n) is 7.38. The highest BCUT2D eigenvalue weighted by molar-refractivity contribution is 7.07. The van der Waals surface area contributed by atoms with Crippen molar-refractivity contribution in [2.45, 2.75) is 32.8 Å². The van der Waals surface area contributed by atoms with Gasteiger partial charge in [-0.15, -0.1) is 0 Å². The number of thiophene rings is 1. The van der Waals surface area contributed by atoms with E-state index >= 15 is 0 Å². The van der Waals surface area contributed by atoms with Crippen molar-refractivity contribution in [3.63, 3.8) is 0 Å². The molecule has 116 valence electrons. The molecule has 1 unspecified atom stereocenters. The smallest absolute Gasteiger partial charge is 0.227 e. The van der Waals surface area contributed by atoms with Crippen LogP contribution in [0.3, 0.4) is 0 Å². The zero-order valence-corrected chi connectivity index (χ0v) is 13.6. The van der Waals surface area contributed by atoms with E-state index in [1.54, 1.807) is 11.3 Å². The van der Waals surface area contributed by atoms with E-state index in [1.165, 1.54) is 0 Å². The summed E-state index contributed by atoms with van der Waals surface area (Å²) in [4.78, 5) is 22.7. The number of ether oxygens (including phenoxy) is 1. The highest BCUT2D eigenvalue weighted by Gasteiger charge is 2.28. The molecular formula is C16H19N3O2S. The van der Waals surface area contributed by atoms with Gasteiger partial charge in [-0.3, -0.25) is 4.79 Å². The number of hydrogen-bond donors (Lipinski definition) is 0. The summed E-state index contributed by atoms with van der Waals surface area (Å²) in [6.07, 6.45) is 1.33. The van der Waals surface area contributed by atoms with Gasteiger partial charge < -0.3 is 9.64 Å². The van der Waals surface area contributed by atoms with Gasteiger partial charge in [0, 0.05) is 24.7 Å². The fourth-order valence-corrected chi connectivity index (χ4v) is 3.31. The second kappa shape index (κ2) is 6.44. The molecule has 1 atom stereocenters. The summed E-state index contributed by atoms with van der Waals surface area (Å²) in [7, 11) is 0. The first-order valence-corrected chi connectivity index (χ1v) is 8.32. The molecular weight excluding hydrogens is 298 g/mol. The normalized spacial score (nSPS) is 17.7. The van der Waals surface area contributed by atoms with Gasteiger partial charge in [0.15, 0.2) is 0 Å². The Hall–Kier alpha value is -1.95. The molecule has 2 aromatic heterocycles. The van der Waals surface area contributed by atoms with Crippen LogP contribution in [-0.2, 0) is 11.2 Å². The van der Waals surface area contributed by atoms with Crippen LogP contribution < -0.4 is 4.74 Å². The lowest BCUT2D eigenvalue weighted by atomic mass is 10.2. The van der Waals surface area contributed by atoms with Crippen molar-refractivity contribution < 1.29 is 9.53 Å². The minimum absolute atomic E-state index is 0.0140. The molecule has 6 heteroatoms. The van der Waals surface area contributed by atoms with E-state index in [9.17, 15) is 4.79 Å². The number of rotatable bonds is 4. The minimum atomic E-state index is 0.0140. The third-order valence-corrected chi connectivity index (χ3v) is 4.40. The molecule has 0 radical (unpaired) electrons. The SMILES string of the molecule is Cc1cc(OC2CCN(C(=O)Cc3ccsc3)C2)nc(C)n1. The van der Waals surface area contributed by atoms with Crippen LogP contribution >= 0.6 is 11.3 Å². The molecule has 1 aliphatic heterocycles. The summed E-state index contributed by atoms with van der Waals surface area (Å²) in [5, 5.41) is 4.02. The largest absolute Gasteiger partial charge is 0.472 e. The van der Waals surface area contributed by atoms with Gasteiger partial charge in [0.05, 0.1) is 13.0 Å². The maximum Gasteiger partial charge on any atom is 0.227 e. The summed E-state index contributed by atoms with van der Waals surface area (Å²) in [6, 6.07) is 3.84. The Bertz CT molecular complexity index is 637. The standard InChI is InChI=1S/C16H19N3O2S/c1-11-7-15(18-12(2)17-11)21-14-3-5-19(9-14)16(20)8-13-4-6-22-10-13/h4,6-7,10,14H,3,5,8-9H2,1-2H3. The van der Waals surface area contributed by atoms with E-state index in [1.807, 2.05) is 41.6 Å². The quantitative estimate of drug-likeness (QED) is 0.869. The average molecular weight is 317 g/mol. The summed E-state index contributed by atoms with van der Waals surface area (Å²) in [5.41, 5.74) is 1.98. The lowest BCUT2D eigenvalue weighted by molar-refractivity contribution is -0.129. The van der Waals surface area contributed by atoms with Gasteiger partial charge in [0.2, 0.25) is 11.8 Å². The topological polar surface area (TPSA) is 55.3 Å². The summed E-state index contributed by atoms with van der Waals surface area (Å²) in [5.74, 6) is 1.47. The maximum absolute atomic E-state index is 12.3. The molecule has 0 aliphatic carbocycles. The first-order chi connectivity index (χ1) is 10.6. The fraction of sp³-hybridized carbons (Fsp3) is 0.438. The third-order valence-electron chi connectivity index (χ3n) is 3.66. The molecule has 0 N–H and O–H groups in total. The van der Waals surface area contributed by atoms with Crippen molar-refractivity contribution in [2.24, 2.45) is 0 Å². The second-order valence-corrected chi connectivity index (χ2v) is 6.35. The molecule has 1 saturated heterocycles. The van der Waals surface area contributed by atoms with Gasteiger partial charge in [0.1, 0.15) is 11.9 Å². The van der Waals surface area contributed by atoms with E-state index in [0.717, 1.165) is 24.2 Å². The summed E-state index contributed by atoms with van der Waals surface area (Å²) >= 11 is 1.62. The van der Waals surface area contributed by atoms with Gasteiger partial charge >= 0.3 is 0 Å². The highest BCUT2D eigenvalue weighted by Crippen LogP contribution is 2.18. The zero-order valence-electron chi connectivity index (χ0n) is 12.8. The number of amides is 1. The van der Waals surface area contributed by atoms with E-state index in [-0.39, 0.29) is 12.0 Å². The van der Waals surface area contributed by atoms with Crippen LogP contribution in [0.1, 0.15) is 23.5 Å². The van der Waals surface area contributed by atoms with Crippen LogP contribution in [0.15, 0.2) is 22.9 Å². The fourth-order valence-electron chi connectivity index (χ4n) is 2.64. The summed E-state index contributed by atoms with van der Waals surface area (Å²) < 4.78 is 5.91. The predicted molar refractivity (Wildman–Crippen MR) is 85.1 cm³/mol. The Morgan fingerprint density at radius 3 is 3.05 bits per heavy atom. The molecule has 1 aliphatic rings. The van der Waals surface area contributed by atoms with E-state index in [2.05, 4.69) is 9.97 Å². The second-order valence-electron chi connectivity index (χ2n) is 5.57. The molecule has 5 nitrogen and oxygen atoms in total. The minimum Gasteiger partial charge on any atom is -0.472 e. The van der Waals surface area contributed by atoms with E-state index < -0.39 is 0 Å². The van der Waals surface area contributed by atoms with Crippen molar-refractivity contribution in [2.75, 3.05) is 13.1 Å². The van der Waals surface area contributed by atoms with Gasteiger partial charge in [-0.2, -0.15) is 16.3 Å². The lowest BCUT2D eigenvalue weighted by Gasteiger charge is -2.17. The Morgan fingerprint density at radius 2 is 2.32 bits per heavy atom. The highest BCUT2D eigenvalue weighted by atomic mass is 32.1. The molecule has 3 rings (SSSR count). The van der Waals surface area contributed by atoms with Crippen molar-refractivity contribution in [3.8, 4) is 5.88 Å². The van der Waals surface area contributed by atoms with Crippen LogP contribution in [-0.4, -0.2) is 40.0 Å². The predicted octanol–water partition coefficient (Wildman–Crippen LogP) is 2.38. The molecule has 1 amide bonds. The number of carbonyl (C=O) groups is 1. The van der Waals surface area contributed by atoms with Crippen molar-refractivity contribution in [3.05, 3.63) is 40.0 Å². The molecule has 0 saturated carbocycles. The Labute approximate surface area is 134 Å². The number of nitrogens with zero attached hydrogens (tertiary/aromatic N) is 3. The van der Waals surface area contributed by atoms with Gasteiger partial charge in [-0.05, 0) is 36.2 Å². The monoisotopic (exact) mass is 317 g/mol. The zero-order chi connectivity index (χ0) is 15.5. The Morgan fingerprint density at radius 1 is 1.45 bits per heavy atom. The van der Waals surface area contributed by atoms with Crippen LogP contribution in [0.2, 0.25) is 0 Å². The third kappa shape index (κ3) is 3.62. The number of hydrogen-bond acceptors (Lipinski definition) is 5. The molecule has 0 bridgehead atoms. The first kappa shape index (κ1) is 15.0. The Kier molecular flexibility index (Phi) is 4.38. The molecule has 3 heterocycles. The molecule has 1 fully saturated rings. The van der Waals surface area contributed by atoms with Crippen LogP contribution in [0.25, 0.3) is 0 Å². The molecule has 0 aromatic carbocycles. The van der Waals surface area contributed by atoms with Crippen molar-refractivity contribution in [1.29, 1.82) is 0 Å². The number of aryl methyl sites for hydroxylation is 2. The maximum atomic E-state index is 12.3. The van der Waals surface area contributed by atoms with Gasteiger partial charge in [0.25, 0.3) is 0 Å². The van der Waals surface area contributed by atoms with Gasteiger partial charge in [-0.1, -0.05) is 0 Å². The average Bonchev–Trinajstić information content (AvgIpc) is 3.09. The van der Waals surface area contributed by atoms with Crippen LogP contribution in [0.5, 0.6) is 5.88 Å². The number of likely N-dealkylation sites (tertiary alicyclic amines) is 1. The van der Waals surface area contributed by atoms with Crippen molar-refractivity contribution >= 4 is 17.2 Å². The molecule has 0 spiro atoms. The van der Waals surface area contributed by atoms with Crippen molar-refractivity contribution in [1.82, 2.24) is 14.9 Å². The number of carbonyl (C=O) groups excluding carboxylic acids is 1. The van der Waals surface area contributed by atoms with Gasteiger partial charge in [-0.25, -0.2) is 4.98 Å². The molecule has 2 aromatic rings. The van der Waals surface area contributed by atoms with Crippen LogP contribution in [0.4, 0.5) is 0 Å². The Balaban J connectivity index is 1.56. The molecule has 22 heavy (non-hydrogen) atoms. The number of aromatic nitrogens is 2. The van der Waals surface area contributed by atoms with E-state index in [0.29, 0.717) is 24.7 Å².